The summed E-state index contributed by atoms with van der Waals surface area (Å²) in [6, 6.07) is 13.2. The number of benzene rings is 2. The summed E-state index contributed by atoms with van der Waals surface area (Å²) >= 11 is 3.79. The first-order valence-corrected chi connectivity index (χ1v) is 7.01. The molecule has 18 heavy (non-hydrogen) atoms. The average molecular weight is 299 g/mol. The zero-order chi connectivity index (χ0) is 12.7. The molecule has 0 radical (unpaired) electrons. The molecule has 0 amide bonds. The Morgan fingerprint density at radius 3 is 2.39 bits per heavy atom. The third-order valence-electron chi connectivity index (χ3n) is 3.61. The van der Waals surface area contributed by atoms with Crippen LogP contribution in [0, 0.1) is 6.92 Å². The maximum absolute atomic E-state index is 3.79. The molecule has 1 heteroatoms. The standard InChI is InChI=1S/C17H15Br/c1-11-3-6-13(7-4-11)15-10-9-14-8-5-12(2)16(14)17(15)18/h3-7,9-10H,8H2,1-2H3. The fourth-order valence-electron chi connectivity index (χ4n) is 2.53. The number of halogens is 1. The third-order valence-corrected chi connectivity index (χ3v) is 4.44. The Hall–Kier alpha value is -1.34. The SMILES string of the molecule is CC1=CCc2ccc(-c3ccc(C)cc3)c(Br)c21. The van der Waals surface area contributed by atoms with Gasteiger partial charge in [-0.05, 0) is 64.0 Å². The lowest BCUT2D eigenvalue weighted by atomic mass is 9.98. The van der Waals surface area contributed by atoms with Crippen molar-refractivity contribution in [2.24, 2.45) is 0 Å². The lowest BCUT2D eigenvalue weighted by Crippen LogP contribution is -1.89. The third kappa shape index (κ3) is 1.83. The van der Waals surface area contributed by atoms with Gasteiger partial charge in [-0.3, -0.25) is 0 Å². The highest BCUT2D eigenvalue weighted by Crippen LogP contribution is 2.39. The predicted octanol–water partition coefficient (Wildman–Crippen LogP) is 5.38. The molecule has 0 aliphatic heterocycles. The Kier molecular flexibility index (Phi) is 2.87. The molecule has 0 fully saturated rings. The molecular formula is C17H15Br. The first kappa shape index (κ1) is 11.7. The van der Waals surface area contributed by atoms with Crippen molar-refractivity contribution >= 4 is 21.5 Å². The lowest BCUT2D eigenvalue weighted by molar-refractivity contribution is 1.30. The quantitative estimate of drug-likeness (QED) is 0.663. The fraction of sp³-hybridized carbons (Fsp3) is 0.176. The first-order chi connectivity index (χ1) is 8.66. The van der Waals surface area contributed by atoms with Crippen LogP contribution in [0.5, 0.6) is 0 Å². The van der Waals surface area contributed by atoms with Crippen molar-refractivity contribution < 1.29 is 0 Å². The zero-order valence-corrected chi connectivity index (χ0v) is 12.2. The summed E-state index contributed by atoms with van der Waals surface area (Å²) in [6.07, 6.45) is 3.36. The van der Waals surface area contributed by atoms with E-state index in [2.05, 4.69) is 72.3 Å². The molecule has 0 atom stereocenters. The van der Waals surface area contributed by atoms with Gasteiger partial charge in [0.1, 0.15) is 0 Å². The molecule has 0 nitrogen and oxygen atoms in total. The van der Waals surface area contributed by atoms with E-state index in [-0.39, 0.29) is 0 Å². The second-order valence-electron chi connectivity index (χ2n) is 4.92. The Morgan fingerprint density at radius 1 is 0.944 bits per heavy atom. The average Bonchev–Trinajstić information content (AvgIpc) is 2.74. The van der Waals surface area contributed by atoms with Gasteiger partial charge < -0.3 is 0 Å². The van der Waals surface area contributed by atoms with E-state index in [1.807, 2.05) is 0 Å². The van der Waals surface area contributed by atoms with Crippen molar-refractivity contribution in [3.05, 3.63) is 63.6 Å². The van der Waals surface area contributed by atoms with Crippen LogP contribution in [0.2, 0.25) is 0 Å². The van der Waals surface area contributed by atoms with Crippen molar-refractivity contribution in [2.75, 3.05) is 0 Å². The van der Waals surface area contributed by atoms with Gasteiger partial charge in [0.2, 0.25) is 0 Å². The van der Waals surface area contributed by atoms with Gasteiger partial charge in [-0.1, -0.05) is 48.0 Å². The van der Waals surface area contributed by atoms with E-state index in [0.717, 1.165) is 6.42 Å². The van der Waals surface area contributed by atoms with Crippen LogP contribution < -0.4 is 0 Å². The van der Waals surface area contributed by atoms with E-state index in [9.17, 15) is 0 Å². The van der Waals surface area contributed by atoms with E-state index < -0.39 is 0 Å². The predicted molar refractivity (Wildman–Crippen MR) is 81.7 cm³/mol. The summed E-state index contributed by atoms with van der Waals surface area (Å²) < 4.78 is 1.23. The summed E-state index contributed by atoms with van der Waals surface area (Å²) in [4.78, 5) is 0. The molecule has 1 aliphatic rings. The minimum atomic E-state index is 1.06. The van der Waals surface area contributed by atoms with Crippen LogP contribution in [-0.4, -0.2) is 0 Å². The Morgan fingerprint density at radius 2 is 1.67 bits per heavy atom. The molecule has 0 heterocycles. The number of hydrogen-bond acceptors (Lipinski definition) is 0. The highest BCUT2D eigenvalue weighted by molar-refractivity contribution is 9.10. The van der Waals surface area contributed by atoms with Crippen LogP contribution in [0.4, 0.5) is 0 Å². The molecule has 0 saturated heterocycles. The Balaban J connectivity index is 2.17. The van der Waals surface area contributed by atoms with Gasteiger partial charge in [-0.25, -0.2) is 0 Å². The highest BCUT2D eigenvalue weighted by atomic mass is 79.9. The van der Waals surface area contributed by atoms with E-state index in [1.54, 1.807) is 0 Å². The highest BCUT2D eigenvalue weighted by Gasteiger charge is 2.17. The van der Waals surface area contributed by atoms with Crippen LogP contribution in [0.25, 0.3) is 16.7 Å². The lowest BCUT2D eigenvalue weighted by Gasteiger charge is -2.11. The monoisotopic (exact) mass is 298 g/mol. The molecule has 0 bridgehead atoms. The van der Waals surface area contributed by atoms with E-state index in [1.165, 1.54) is 37.9 Å². The maximum atomic E-state index is 3.79. The molecule has 0 spiro atoms. The molecule has 0 N–H and O–H groups in total. The second-order valence-corrected chi connectivity index (χ2v) is 5.71. The van der Waals surface area contributed by atoms with Crippen LogP contribution >= 0.6 is 15.9 Å². The summed E-state index contributed by atoms with van der Waals surface area (Å²) in [5.74, 6) is 0. The van der Waals surface area contributed by atoms with Crippen molar-refractivity contribution in [1.29, 1.82) is 0 Å². The van der Waals surface area contributed by atoms with Gasteiger partial charge in [0.25, 0.3) is 0 Å². The van der Waals surface area contributed by atoms with Crippen LogP contribution in [-0.2, 0) is 6.42 Å². The molecule has 2 aromatic rings. The summed E-state index contributed by atoms with van der Waals surface area (Å²) in [5, 5.41) is 0. The molecule has 2 aromatic carbocycles. The van der Waals surface area contributed by atoms with E-state index in [0.29, 0.717) is 0 Å². The first-order valence-electron chi connectivity index (χ1n) is 6.22. The molecule has 0 unspecified atom stereocenters. The molecule has 0 aromatic heterocycles. The van der Waals surface area contributed by atoms with E-state index >= 15 is 0 Å². The van der Waals surface area contributed by atoms with Gasteiger partial charge in [0, 0.05) is 4.47 Å². The van der Waals surface area contributed by atoms with Gasteiger partial charge in [-0.15, -0.1) is 0 Å². The smallest absolute Gasteiger partial charge is 0.0331 e. The topological polar surface area (TPSA) is 0 Å². The summed E-state index contributed by atoms with van der Waals surface area (Å²) in [5.41, 5.74) is 8.04. The number of allylic oxidation sites excluding steroid dienone is 2. The van der Waals surface area contributed by atoms with Crippen LogP contribution in [0.1, 0.15) is 23.6 Å². The minimum absolute atomic E-state index is 1.06. The maximum Gasteiger partial charge on any atom is 0.0331 e. The second kappa shape index (κ2) is 4.40. The normalized spacial score (nSPS) is 13.4. The van der Waals surface area contributed by atoms with E-state index in [4.69, 9.17) is 0 Å². The van der Waals surface area contributed by atoms with Crippen molar-refractivity contribution in [2.45, 2.75) is 20.3 Å². The fourth-order valence-corrected chi connectivity index (χ4v) is 3.46. The molecule has 90 valence electrons. The van der Waals surface area contributed by atoms with Crippen molar-refractivity contribution in [3.63, 3.8) is 0 Å². The summed E-state index contributed by atoms with van der Waals surface area (Å²) in [6.45, 7) is 4.31. The van der Waals surface area contributed by atoms with Crippen LogP contribution in [0.15, 0.2) is 46.9 Å². The Labute approximate surface area is 116 Å². The number of rotatable bonds is 1. The van der Waals surface area contributed by atoms with Crippen molar-refractivity contribution in [3.8, 4) is 11.1 Å². The zero-order valence-electron chi connectivity index (χ0n) is 10.6. The van der Waals surface area contributed by atoms with Gasteiger partial charge in [-0.2, -0.15) is 0 Å². The van der Waals surface area contributed by atoms with Crippen molar-refractivity contribution in [1.82, 2.24) is 0 Å². The summed E-state index contributed by atoms with van der Waals surface area (Å²) in [7, 11) is 0. The molecule has 0 saturated carbocycles. The van der Waals surface area contributed by atoms with Gasteiger partial charge in [0.15, 0.2) is 0 Å². The number of hydrogen-bond donors (Lipinski definition) is 0. The number of fused-ring (bicyclic) bond motifs is 1. The molecular weight excluding hydrogens is 284 g/mol. The van der Waals surface area contributed by atoms with Gasteiger partial charge in [0.05, 0.1) is 0 Å². The minimum Gasteiger partial charge on any atom is -0.0765 e. The molecule has 1 aliphatic carbocycles. The molecule has 3 rings (SSSR count). The largest absolute Gasteiger partial charge is 0.0765 e. The Bertz CT molecular complexity index is 633. The number of aryl methyl sites for hydroxylation is 1. The van der Waals surface area contributed by atoms with Gasteiger partial charge >= 0.3 is 0 Å². The van der Waals surface area contributed by atoms with Crippen LogP contribution in [0.3, 0.4) is 0 Å².